The summed E-state index contributed by atoms with van der Waals surface area (Å²) in [5.41, 5.74) is 0. The quantitative estimate of drug-likeness (QED) is 0.674. The van der Waals surface area contributed by atoms with Crippen LogP contribution in [0.2, 0.25) is 0 Å². The van der Waals surface area contributed by atoms with E-state index in [1.54, 1.807) is 0 Å². The van der Waals surface area contributed by atoms with E-state index in [-0.39, 0.29) is 34.0 Å². The fraction of sp³-hybridized carbons (Fsp3) is 0.429. The molecule has 18 heavy (non-hydrogen) atoms. The van der Waals surface area contributed by atoms with Crippen LogP contribution in [0.5, 0.6) is 0 Å². The van der Waals surface area contributed by atoms with E-state index in [1.807, 2.05) is 0 Å². The fourth-order valence-electron chi connectivity index (χ4n) is 1.98. The summed E-state index contributed by atoms with van der Waals surface area (Å²) in [6.45, 7) is 4.49. The lowest BCUT2D eigenvalue weighted by Crippen LogP contribution is -2.23. The average Bonchev–Trinajstić information content (AvgIpc) is 2.37. The fourth-order valence-corrected chi connectivity index (χ4v) is 1.98. The van der Waals surface area contributed by atoms with Gasteiger partial charge in [-0.2, -0.15) is 0 Å². The molecule has 0 aromatic carbocycles. The summed E-state index contributed by atoms with van der Waals surface area (Å²) in [4.78, 5) is 4.73. The van der Waals surface area contributed by atoms with E-state index >= 15 is 0 Å². The molecule has 0 saturated carbocycles. The van der Waals surface area contributed by atoms with Crippen LogP contribution in [0.1, 0.15) is 12.8 Å². The Balaban J connectivity index is 0.00000144. The second-order valence-corrected chi connectivity index (χ2v) is 4.24. The molecule has 2 heterocycles. The van der Waals surface area contributed by atoms with Crippen molar-refractivity contribution in [3.8, 4) is 0 Å². The first-order valence-electron chi connectivity index (χ1n) is 6.10. The summed E-state index contributed by atoms with van der Waals surface area (Å²) in [6, 6.07) is 0. The first-order valence-corrected chi connectivity index (χ1v) is 6.10. The molecule has 0 amide bonds. The van der Waals surface area contributed by atoms with Gasteiger partial charge in [-0.1, -0.05) is 24.3 Å². The number of hydrogen-bond donors (Lipinski definition) is 0. The highest BCUT2D eigenvalue weighted by Crippen LogP contribution is 2.04. The van der Waals surface area contributed by atoms with Crippen molar-refractivity contribution in [2.24, 2.45) is 0 Å². The van der Waals surface area contributed by atoms with Crippen LogP contribution in [0.25, 0.3) is 0 Å². The van der Waals surface area contributed by atoms with Crippen LogP contribution in [0.15, 0.2) is 48.9 Å². The molecule has 0 aliphatic carbocycles. The third-order valence-electron chi connectivity index (χ3n) is 2.91. The first-order chi connectivity index (χ1) is 7.95. The molecule has 0 unspecified atom stereocenters. The molecular formula is C14H22Br2N2. The zero-order valence-corrected chi connectivity index (χ0v) is 14.0. The highest BCUT2D eigenvalue weighted by molar-refractivity contribution is 8.93. The highest BCUT2D eigenvalue weighted by Gasteiger charge is 2.01. The molecule has 0 N–H and O–H groups in total. The molecule has 0 fully saturated rings. The van der Waals surface area contributed by atoms with E-state index in [1.165, 1.54) is 25.9 Å². The number of hydrogen-bond acceptors (Lipinski definition) is 2. The maximum atomic E-state index is 2.37. The molecule has 102 valence electrons. The van der Waals surface area contributed by atoms with Crippen molar-refractivity contribution in [3.05, 3.63) is 48.9 Å². The molecule has 0 bridgehead atoms. The van der Waals surface area contributed by atoms with E-state index < -0.39 is 0 Å². The van der Waals surface area contributed by atoms with Crippen molar-refractivity contribution in [3.63, 3.8) is 0 Å². The van der Waals surface area contributed by atoms with Gasteiger partial charge in [0, 0.05) is 26.2 Å². The zero-order valence-electron chi connectivity index (χ0n) is 10.6. The molecule has 0 spiro atoms. The van der Waals surface area contributed by atoms with Gasteiger partial charge in [0.1, 0.15) is 0 Å². The van der Waals surface area contributed by atoms with Crippen LogP contribution >= 0.6 is 34.0 Å². The van der Waals surface area contributed by atoms with Gasteiger partial charge in [0.25, 0.3) is 0 Å². The minimum atomic E-state index is 0. The molecule has 0 atom stereocenters. The minimum absolute atomic E-state index is 0. The molecule has 0 aromatic rings. The van der Waals surface area contributed by atoms with Gasteiger partial charge in [-0.3, -0.25) is 0 Å². The Kier molecular flexibility index (Phi) is 10.2. The lowest BCUT2D eigenvalue weighted by atomic mass is 10.2. The van der Waals surface area contributed by atoms with Crippen molar-refractivity contribution >= 4 is 34.0 Å². The number of unbranched alkanes of at least 4 members (excludes halogenated alkanes) is 1. The zero-order chi connectivity index (χ0) is 11.1. The van der Waals surface area contributed by atoms with Crippen molar-refractivity contribution in [1.29, 1.82) is 0 Å². The largest absolute Gasteiger partial charge is 0.374 e. The molecule has 2 nitrogen and oxygen atoms in total. The third-order valence-corrected chi connectivity index (χ3v) is 2.91. The SMILES string of the molecule is Br.Br.C1=CCN(CCCCN2C=CC=CC2)C=C1. The van der Waals surface area contributed by atoms with E-state index in [2.05, 4.69) is 58.7 Å². The lowest BCUT2D eigenvalue weighted by molar-refractivity contribution is 0.357. The molecule has 0 saturated heterocycles. The van der Waals surface area contributed by atoms with Gasteiger partial charge >= 0.3 is 0 Å². The Bertz CT molecular complexity index is 290. The Morgan fingerprint density at radius 3 is 1.44 bits per heavy atom. The number of nitrogens with zero attached hydrogens (tertiary/aromatic N) is 2. The molecule has 0 radical (unpaired) electrons. The van der Waals surface area contributed by atoms with Crippen LogP contribution < -0.4 is 0 Å². The number of halogens is 2. The second kappa shape index (κ2) is 10.4. The van der Waals surface area contributed by atoms with Gasteiger partial charge < -0.3 is 9.80 Å². The lowest BCUT2D eigenvalue weighted by Gasteiger charge is -2.23. The summed E-state index contributed by atoms with van der Waals surface area (Å²) in [5, 5.41) is 0. The van der Waals surface area contributed by atoms with E-state index in [0.717, 1.165) is 13.1 Å². The summed E-state index contributed by atoms with van der Waals surface area (Å²) in [6.07, 6.45) is 19.8. The number of allylic oxidation sites excluding steroid dienone is 4. The van der Waals surface area contributed by atoms with Gasteiger partial charge in [-0.05, 0) is 37.4 Å². The molecule has 0 aromatic heterocycles. The van der Waals surface area contributed by atoms with E-state index in [9.17, 15) is 0 Å². The van der Waals surface area contributed by atoms with Crippen molar-refractivity contribution < 1.29 is 0 Å². The summed E-state index contributed by atoms with van der Waals surface area (Å²) >= 11 is 0. The average molecular weight is 378 g/mol. The minimum Gasteiger partial charge on any atom is -0.374 e. The molecule has 4 heteroatoms. The maximum Gasteiger partial charge on any atom is 0.0357 e. The van der Waals surface area contributed by atoms with Crippen LogP contribution in [-0.4, -0.2) is 36.0 Å². The van der Waals surface area contributed by atoms with Crippen molar-refractivity contribution in [2.75, 3.05) is 26.2 Å². The van der Waals surface area contributed by atoms with Gasteiger partial charge in [-0.15, -0.1) is 34.0 Å². The molecule has 2 rings (SSSR count). The molecule has 2 aliphatic heterocycles. The predicted octanol–water partition coefficient (Wildman–Crippen LogP) is 3.69. The van der Waals surface area contributed by atoms with Crippen LogP contribution in [0.4, 0.5) is 0 Å². The Labute approximate surface area is 131 Å². The van der Waals surface area contributed by atoms with E-state index in [0.29, 0.717) is 0 Å². The maximum absolute atomic E-state index is 2.37. The highest BCUT2D eigenvalue weighted by atomic mass is 79.9. The number of rotatable bonds is 5. The Morgan fingerprint density at radius 1 is 0.667 bits per heavy atom. The Morgan fingerprint density at radius 2 is 1.11 bits per heavy atom. The third kappa shape index (κ3) is 6.45. The monoisotopic (exact) mass is 376 g/mol. The van der Waals surface area contributed by atoms with E-state index in [4.69, 9.17) is 0 Å². The topological polar surface area (TPSA) is 6.48 Å². The standard InChI is InChI=1S/C14H20N2.2BrH/c1-3-9-15(10-4-1)13-7-8-14-16-11-5-2-6-12-16;;/h1-6,9,11H,7-8,10,12-14H2;2*1H. The van der Waals surface area contributed by atoms with Gasteiger partial charge in [0.2, 0.25) is 0 Å². The second-order valence-electron chi connectivity index (χ2n) is 4.24. The normalized spacial score (nSPS) is 16.4. The summed E-state index contributed by atoms with van der Waals surface area (Å²) in [7, 11) is 0. The van der Waals surface area contributed by atoms with Gasteiger partial charge in [-0.25, -0.2) is 0 Å². The molecule has 2 aliphatic rings. The van der Waals surface area contributed by atoms with Gasteiger partial charge in [0.15, 0.2) is 0 Å². The smallest absolute Gasteiger partial charge is 0.0357 e. The van der Waals surface area contributed by atoms with Crippen molar-refractivity contribution in [1.82, 2.24) is 9.80 Å². The molecular weight excluding hydrogens is 356 g/mol. The van der Waals surface area contributed by atoms with Crippen LogP contribution in [0.3, 0.4) is 0 Å². The summed E-state index contributed by atoms with van der Waals surface area (Å²) < 4.78 is 0. The summed E-state index contributed by atoms with van der Waals surface area (Å²) in [5.74, 6) is 0. The van der Waals surface area contributed by atoms with Crippen LogP contribution in [0, 0.1) is 0 Å². The van der Waals surface area contributed by atoms with Gasteiger partial charge in [0.05, 0.1) is 0 Å². The van der Waals surface area contributed by atoms with Crippen LogP contribution in [-0.2, 0) is 0 Å². The Hall–Kier alpha value is -0.480. The first kappa shape index (κ1) is 17.5. The predicted molar refractivity (Wildman–Crippen MR) is 89.6 cm³/mol. The van der Waals surface area contributed by atoms with Crippen molar-refractivity contribution in [2.45, 2.75) is 12.8 Å².